The maximum atomic E-state index is 11.1. The average Bonchev–Trinajstić information content (AvgIpc) is 2.48. The molecule has 0 aliphatic heterocycles. The highest BCUT2D eigenvalue weighted by molar-refractivity contribution is 5.87. The molecule has 2 rings (SSSR count). The third kappa shape index (κ3) is 0.664. The quantitative estimate of drug-likeness (QED) is 0.540. The number of ketones is 1. The SMILES string of the molecule is CC(C)C1C2CCC(=O)C21. The molecule has 3 atom stereocenters. The summed E-state index contributed by atoms with van der Waals surface area (Å²) in [5.41, 5.74) is 0. The molecule has 1 nitrogen and oxygen atoms in total. The molecule has 0 N–H and O–H groups in total. The van der Waals surface area contributed by atoms with Crippen LogP contribution in [-0.2, 0) is 4.79 Å². The molecule has 3 unspecified atom stereocenters. The van der Waals surface area contributed by atoms with Gasteiger partial charge in [0.15, 0.2) is 0 Å². The summed E-state index contributed by atoms with van der Waals surface area (Å²) in [6, 6.07) is 0. The molecule has 0 aromatic carbocycles. The van der Waals surface area contributed by atoms with Crippen molar-refractivity contribution in [2.75, 3.05) is 0 Å². The number of Topliss-reactive ketones (excluding diaryl/α,β-unsaturated/α-hetero) is 1. The van der Waals surface area contributed by atoms with Crippen LogP contribution in [0.15, 0.2) is 0 Å². The van der Waals surface area contributed by atoms with E-state index in [1.807, 2.05) is 0 Å². The van der Waals surface area contributed by atoms with Gasteiger partial charge in [-0.25, -0.2) is 0 Å². The molecular weight excluding hydrogens is 124 g/mol. The van der Waals surface area contributed by atoms with Crippen molar-refractivity contribution in [1.29, 1.82) is 0 Å². The van der Waals surface area contributed by atoms with E-state index in [2.05, 4.69) is 13.8 Å². The fourth-order valence-corrected chi connectivity index (χ4v) is 2.61. The molecule has 0 aromatic rings. The highest BCUT2D eigenvalue weighted by atomic mass is 16.1. The number of hydrogen-bond donors (Lipinski definition) is 0. The van der Waals surface area contributed by atoms with Crippen molar-refractivity contribution in [3.63, 3.8) is 0 Å². The standard InChI is InChI=1S/C9H14O/c1-5(2)8-6-3-4-7(10)9(6)8/h5-6,8-9H,3-4H2,1-2H3. The van der Waals surface area contributed by atoms with Crippen LogP contribution in [0.1, 0.15) is 26.7 Å². The van der Waals surface area contributed by atoms with Crippen LogP contribution in [0, 0.1) is 23.7 Å². The van der Waals surface area contributed by atoms with E-state index in [4.69, 9.17) is 0 Å². The summed E-state index contributed by atoms with van der Waals surface area (Å²) < 4.78 is 0. The van der Waals surface area contributed by atoms with Crippen LogP contribution in [0.4, 0.5) is 0 Å². The monoisotopic (exact) mass is 138 g/mol. The molecular formula is C9H14O. The van der Waals surface area contributed by atoms with Crippen LogP contribution in [0.5, 0.6) is 0 Å². The Balaban J connectivity index is 2.05. The van der Waals surface area contributed by atoms with Crippen molar-refractivity contribution >= 4 is 5.78 Å². The minimum Gasteiger partial charge on any atom is -0.299 e. The predicted molar refractivity (Wildman–Crippen MR) is 39.5 cm³/mol. The summed E-state index contributed by atoms with van der Waals surface area (Å²) in [6.45, 7) is 4.46. The Hall–Kier alpha value is -0.330. The summed E-state index contributed by atoms with van der Waals surface area (Å²) in [6.07, 6.45) is 2.06. The molecule has 2 aliphatic rings. The first-order valence-corrected chi connectivity index (χ1v) is 4.24. The van der Waals surface area contributed by atoms with E-state index in [1.165, 1.54) is 6.42 Å². The third-order valence-corrected chi connectivity index (χ3v) is 3.10. The molecule has 2 saturated carbocycles. The zero-order valence-corrected chi connectivity index (χ0v) is 6.63. The molecule has 2 fully saturated rings. The second kappa shape index (κ2) is 1.84. The third-order valence-electron chi connectivity index (χ3n) is 3.10. The lowest BCUT2D eigenvalue weighted by molar-refractivity contribution is -0.119. The van der Waals surface area contributed by atoms with Crippen molar-refractivity contribution in [2.24, 2.45) is 23.7 Å². The second-order valence-corrected chi connectivity index (χ2v) is 4.02. The molecule has 10 heavy (non-hydrogen) atoms. The van der Waals surface area contributed by atoms with Gasteiger partial charge in [-0.05, 0) is 24.2 Å². The molecule has 0 aromatic heterocycles. The van der Waals surface area contributed by atoms with Gasteiger partial charge in [-0.15, -0.1) is 0 Å². The fraction of sp³-hybridized carbons (Fsp3) is 0.889. The molecule has 0 heterocycles. The van der Waals surface area contributed by atoms with Crippen molar-refractivity contribution in [3.8, 4) is 0 Å². The number of carbonyl (C=O) groups is 1. The summed E-state index contributed by atoms with van der Waals surface area (Å²) in [5.74, 6) is 3.34. The molecule has 0 bridgehead atoms. The van der Waals surface area contributed by atoms with E-state index in [9.17, 15) is 4.79 Å². The van der Waals surface area contributed by atoms with E-state index in [0.717, 1.165) is 24.2 Å². The van der Waals surface area contributed by atoms with E-state index in [0.29, 0.717) is 11.7 Å². The van der Waals surface area contributed by atoms with Crippen LogP contribution in [0.3, 0.4) is 0 Å². The topological polar surface area (TPSA) is 17.1 Å². The van der Waals surface area contributed by atoms with Crippen LogP contribution >= 0.6 is 0 Å². The fourth-order valence-electron chi connectivity index (χ4n) is 2.61. The minimum atomic E-state index is 0.500. The number of hydrogen-bond acceptors (Lipinski definition) is 1. The minimum absolute atomic E-state index is 0.500. The number of rotatable bonds is 1. The molecule has 0 spiro atoms. The zero-order valence-electron chi connectivity index (χ0n) is 6.63. The highest BCUT2D eigenvalue weighted by Gasteiger charge is 2.58. The van der Waals surface area contributed by atoms with Gasteiger partial charge in [-0.3, -0.25) is 4.79 Å². The lowest BCUT2D eigenvalue weighted by Gasteiger charge is -2.04. The maximum Gasteiger partial charge on any atom is 0.136 e. The molecule has 1 heteroatoms. The first-order chi connectivity index (χ1) is 4.72. The number of fused-ring (bicyclic) bond motifs is 1. The van der Waals surface area contributed by atoms with Gasteiger partial charge in [0.05, 0.1) is 0 Å². The van der Waals surface area contributed by atoms with Gasteiger partial charge in [0, 0.05) is 12.3 Å². The Morgan fingerprint density at radius 2 is 2.20 bits per heavy atom. The van der Waals surface area contributed by atoms with Crippen molar-refractivity contribution in [2.45, 2.75) is 26.7 Å². The van der Waals surface area contributed by atoms with Crippen LogP contribution in [-0.4, -0.2) is 5.78 Å². The van der Waals surface area contributed by atoms with Crippen molar-refractivity contribution in [1.82, 2.24) is 0 Å². The van der Waals surface area contributed by atoms with Crippen LogP contribution < -0.4 is 0 Å². The molecule has 0 saturated heterocycles. The van der Waals surface area contributed by atoms with Crippen molar-refractivity contribution < 1.29 is 4.79 Å². The largest absolute Gasteiger partial charge is 0.299 e. The zero-order chi connectivity index (χ0) is 7.30. The highest BCUT2D eigenvalue weighted by Crippen LogP contribution is 2.58. The smallest absolute Gasteiger partial charge is 0.136 e. The van der Waals surface area contributed by atoms with Gasteiger partial charge < -0.3 is 0 Å². The Labute approximate surface area is 61.8 Å². The van der Waals surface area contributed by atoms with Gasteiger partial charge in [0.25, 0.3) is 0 Å². The number of carbonyl (C=O) groups excluding carboxylic acids is 1. The lowest BCUT2D eigenvalue weighted by Crippen LogP contribution is -2.03. The first-order valence-electron chi connectivity index (χ1n) is 4.24. The van der Waals surface area contributed by atoms with Gasteiger partial charge in [-0.1, -0.05) is 13.8 Å². The Morgan fingerprint density at radius 1 is 1.50 bits per heavy atom. The second-order valence-electron chi connectivity index (χ2n) is 4.02. The Morgan fingerprint density at radius 3 is 2.50 bits per heavy atom. The summed E-state index contributed by atoms with van der Waals surface area (Å²) in [4.78, 5) is 11.1. The van der Waals surface area contributed by atoms with Gasteiger partial charge in [0.1, 0.15) is 5.78 Å². The van der Waals surface area contributed by atoms with E-state index in [1.54, 1.807) is 0 Å². The lowest BCUT2D eigenvalue weighted by atomic mass is 10.0. The van der Waals surface area contributed by atoms with E-state index in [-0.39, 0.29) is 0 Å². The summed E-state index contributed by atoms with van der Waals surface area (Å²) in [7, 11) is 0. The molecule has 2 aliphatic carbocycles. The Kier molecular flexibility index (Phi) is 1.17. The van der Waals surface area contributed by atoms with Gasteiger partial charge in [-0.2, -0.15) is 0 Å². The summed E-state index contributed by atoms with van der Waals surface area (Å²) >= 11 is 0. The maximum absolute atomic E-state index is 11.1. The van der Waals surface area contributed by atoms with E-state index < -0.39 is 0 Å². The average molecular weight is 138 g/mol. The van der Waals surface area contributed by atoms with Crippen molar-refractivity contribution in [3.05, 3.63) is 0 Å². The Bertz CT molecular complexity index is 172. The van der Waals surface area contributed by atoms with Gasteiger partial charge in [0.2, 0.25) is 0 Å². The van der Waals surface area contributed by atoms with E-state index >= 15 is 0 Å². The van der Waals surface area contributed by atoms with Crippen LogP contribution in [0.25, 0.3) is 0 Å². The molecule has 0 amide bonds. The molecule has 0 radical (unpaired) electrons. The van der Waals surface area contributed by atoms with Gasteiger partial charge >= 0.3 is 0 Å². The summed E-state index contributed by atoms with van der Waals surface area (Å²) in [5, 5.41) is 0. The predicted octanol–water partition coefficient (Wildman–Crippen LogP) is 1.87. The first kappa shape index (κ1) is 6.38. The van der Waals surface area contributed by atoms with Crippen LogP contribution in [0.2, 0.25) is 0 Å². The normalized spacial score (nSPS) is 44.3. The molecule has 56 valence electrons.